The fourth-order valence-corrected chi connectivity index (χ4v) is 4.53. The smallest absolute Gasteiger partial charge is 0.412 e. The summed E-state index contributed by atoms with van der Waals surface area (Å²) in [4.78, 5) is 25.2. The number of aromatic nitrogens is 3. The minimum atomic E-state index is -5.07. The summed E-state index contributed by atoms with van der Waals surface area (Å²) in [6.07, 6.45) is -5.35. The van der Waals surface area contributed by atoms with Gasteiger partial charge in [0, 0.05) is 41.1 Å². The van der Waals surface area contributed by atoms with Crippen LogP contribution in [0.25, 0.3) is 11.3 Å². The number of hydrogen-bond acceptors (Lipinski definition) is 7. The maximum absolute atomic E-state index is 13.1. The molecule has 1 amide bonds. The Balaban J connectivity index is 0.000000462. The fourth-order valence-electron chi connectivity index (χ4n) is 4.05. The molecule has 0 spiro atoms. The van der Waals surface area contributed by atoms with Crippen molar-refractivity contribution in [3.8, 4) is 11.3 Å². The molecule has 49 heavy (non-hydrogen) atoms. The van der Waals surface area contributed by atoms with Gasteiger partial charge in [0.2, 0.25) is 5.95 Å². The molecule has 5 N–H and O–H groups in total. The van der Waals surface area contributed by atoms with Crippen LogP contribution in [-0.2, 0) is 22.5 Å². The minimum Gasteiger partial charge on any atom is -0.412 e. The molecule has 0 bridgehead atoms. The maximum atomic E-state index is 13.1. The molecule has 10 nitrogen and oxygen atoms in total. The van der Waals surface area contributed by atoms with Crippen molar-refractivity contribution < 1.29 is 49.6 Å². The molecule has 17 heteroatoms. The summed E-state index contributed by atoms with van der Waals surface area (Å²) in [6, 6.07) is 16.5. The van der Waals surface area contributed by atoms with Crippen molar-refractivity contribution in [1.29, 1.82) is 0 Å². The molecule has 2 aromatic heterocycles. The number of hydrogen-bond donors (Lipinski definition) is 3. The monoisotopic (exact) mass is 707 g/mol. The molecule has 0 saturated carbocycles. The number of aryl methyl sites for hydroxylation is 2. The Hall–Kier alpha value is -5.39. The van der Waals surface area contributed by atoms with E-state index >= 15 is 0 Å². The van der Waals surface area contributed by atoms with Gasteiger partial charge in [0.15, 0.2) is 0 Å². The summed E-state index contributed by atoms with van der Waals surface area (Å²) in [5, 5.41) is 5.35. The Kier molecular flexibility index (Phi) is 11.8. The van der Waals surface area contributed by atoms with Crippen molar-refractivity contribution in [2.24, 2.45) is 0 Å². The maximum Gasteiger partial charge on any atom is 0.416 e. The zero-order chi connectivity index (χ0) is 35.3. The second-order valence-corrected chi connectivity index (χ2v) is 11.6. The molecule has 2 heterocycles. The topological polar surface area (TPSA) is 166 Å². The number of nitrogens with one attached hydrogen (secondary N) is 2. The summed E-state index contributed by atoms with van der Waals surface area (Å²) in [5.74, 6) is -0.915. The van der Waals surface area contributed by atoms with E-state index in [1.54, 1.807) is 49.6 Å². The van der Waals surface area contributed by atoms with Crippen LogP contribution in [0.15, 0.2) is 102 Å². The van der Waals surface area contributed by atoms with Crippen LogP contribution in [0.5, 0.6) is 0 Å². The molecule has 5 rings (SSSR count). The quantitative estimate of drug-likeness (QED) is 0.122. The molecule has 0 aliphatic carbocycles. The van der Waals surface area contributed by atoms with Crippen LogP contribution < -0.4 is 10.6 Å². The summed E-state index contributed by atoms with van der Waals surface area (Å²) >= 11 is 0. The molecule has 258 valence electrons. The molecule has 5 aromatic rings. The third-order valence-electron chi connectivity index (χ3n) is 6.52. The molecule has 0 atom stereocenters. The van der Waals surface area contributed by atoms with Gasteiger partial charge in [0.1, 0.15) is 0 Å². The summed E-state index contributed by atoms with van der Waals surface area (Å²) < 4.78 is 108. The van der Waals surface area contributed by atoms with Gasteiger partial charge in [-0.15, -0.1) is 0 Å². The lowest BCUT2D eigenvalue weighted by molar-refractivity contribution is -0.143. The number of carbonyl (C=O) groups excluding carboxylic acids is 1. The third-order valence-corrected chi connectivity index (χ3v) is 7.39. The molecule has 0 radical (unpaired) electrons. The van der Waals surface area contributed by atoms with E-state index in [0.717, 1.165) is 11.1 Å². The molecule has 0 fully saturated rings. The van der Waals surface area contributed by atoms with Crippen LogP contribution in [0.4, 0.5) is 43.7 Å². The van der Waals surface area contributed by atoms with Gasteiger partial charge in [-0.3, -0.25) is 14.3 Å². The molecule has 3 aromatic carbocycles. The Morgan fingerprint density at radius 3 is 2.00 bits per heavy atom. The molecular formula is C32H27F6N5O5S. The van der Waals surface area contributed by atoms with Crippen molar-refractivity contribution >= 4 is 33.3 Å². The highest BCUT2D eigenvalue weighted by molar-refractivity contribution is 7.85. The van der Waals surface area contributed by atoms with Crippen molar-refractivity contribution in [3.05, 3.63) is 125 Å². The lowest BCUT2D eigenvalue weighted by atomic mass is 10.0. The van der Waals surface area contributed by atoms with Crippen molar-refractivity contribution in [1.82, 2.24) is 15.0 Å². The predicted molar refractivity (Wildman–Crippen MR) is 169 cm³/mol. The van der Waals surface area contributed by atoms with E-state index in [0.29, 0.717) is 29.1 Å². The SMILES string of the molecule is Cc1ccc(NC(=O)c2cc(C(F)(F)F)cc(C(F)(F)F)c2)cc1Nc1nccc(-c2cccnc2)n1.Cc1ccc(S(=O)(=O)O)cc1.O. The zero-order valence-corrected chi connectivity index (χ0v) is 26.2. The molecule has 0 saturated heterocycles. The van der Waals surface area contributed by atoms with Crippen LogP contribution in [0.3, 0.4) is 0 Å². The van der Waals surface area contributed by atoms with E-state index in [2.05, 4.69) is 25.6 Å². The van der Waals surface area contributed by atoms with Gasteiger partial charge in [-0.2, -0.15) is 34.8 Å². The molecular weight excluding hydrogens is 680 g/mol. The Morgan fingerprint density at radius 2 is 1.45 bits per heavy atom. The number of benzene rings is 3. The normalized spacial score (nSPS) is 11.4. The Bertz CT molecular complexity index is 1990. The van der Waals surface area contributed by atoms with E-state index in [9.17, 15) is 39.6 Å². The van der Waals surface area contributed by atoms with Crippen molar-refractivity contribution in [2.75, 3.05) is 10.6 Å². The minimum absolute atomic E-state index is 0. The largest absolute Gasteiger partial charge is 0.416 e. The number of halogens is 6. The lowest BCUT2D eigenvalue weighted by Crippen LogP contribution is -2.17. The summed E-state index contributed by atoms with van der Waals surface area (Å²) in [6.45, 7) is 3.59. The Labute approximate surface area is 276 Å². The highest BCUT2D eigenvalue weighted by Gasteiger charge is 2.37. The van der Waals surface area contributed by atoms with Gasteiger partial charge in [0.25, 0.3) is 16.0 Å². The van der Waals surface area contributed by atoms with E-state index in [1.807, 2.05) is 13.0 Å². The first kappa shape index (κ1) is 38.1. The van der Waals surface area contributed by atoms with Gasteiger partial charge in [0.05, 0.1) is 21.7 Å². The third kappa shape index (κ3) is 10.6. The van der Waals surface area contributed by atoms with Gasteiger partial charge in [-0.05, 0) is 80.1 Å². The second-order valence-electron chi connectivity index (χ2n) is 10.2. The van der Waals surface area contributed by atoms with Crippen LogP contribution >= 0.6 is 0 Å². The van der Waals surface area contributed by atoms with E-state index in [-0.39, 0.29) is 28.1 Å². The first-order valence-corrected chi connectivity index (χ1v) is 15.1. The van der Waals surface area contributed by atoms with E-state index in [4.69, 9.17) is 4.55 Å². The zero-order valence-electron chi connectivity index (χ0n) is 25.4. The summed E-state index contributed by atoms with van der Waals surface area (Å²) in [7, 11) is -4.02. The lowest BCUT2D eigenvalue weighted by Gasteiger charge is -2.15. The van der Waals surface area contributed by atoms with Crippen LogP contribution in [0.1, 0.15) is 32.6 Å². The number of rotatable bonds is 6. The highest BCUT2D eigenvalue weighted by atomic mass is 32.2. The number of anilines is 3. The average molecular weight is 708 g/mol. The number of nitrogens with zero attached hydrogens (tertiary/aromatic N) is 3. The van der Waals surface area contributed by atoms with E-state index in [1.165, 1.54) is 30.5 Å². The van der Waals surface area contributed by atoms with Crippen molar-refractivity contribution in [2.45, 2.75) is 31.1 Å². The molecule has 0 unspecified atom stereocenters. The van der Waals surface area contributed by atoms with Crippen LogP contribution in [0, 0.1) is 13.8 Å². The standard InChI is InChI=1S/C25H17F6N5O.C7H8O3S.H2O/c1-14-4-5-19(12-21(14)36-23-33-8-6-20(35-23)15-3-2-7-32-13-15)34-22(37)16-9-17(24(26,27)28)11-18(10-16)25(29,30)31;1-6-2-4-7(5-3-6)11(8,9)10;/h2-13H,1H3,(H,34,37)(H,33,35,36);2-5H,1H3,(H,8,9,10);1H2. The molecule has 0 aliphatic rings. The Morgan fingerprint density at radius 1 is 0.816 bits per heavy atom. The predicted octanol–water partition coefficient (Wildman–Crippen LogP) is 7.30. The second kappa shape index (κ2) is 15.2. The number of alkyl halides is 6. The average Bonchev–Trinajstić information content (AvgIpc) is 3.02. The van der Waals surface area contributed by atoms with Crippen LogP contribution in [0.2, 0.25) is 0 Å². The van der Waals surface area contributed by atoms with Crippen molar-refractivity contribution in [3.63, 3.8) is 0 Å². The van der Waals surface area contributed by atoms with E-state index < -0.39 is 45.1 Å². The first-order chi connectivity index (χ1) is 22.4. The number of carbonyl (C=O) groups is 1. The van der Waals surface area contributed by atoms with Gasteiger partial charge < -0.3 is 16.1 Å². The first-order valence-electron chi connectivity index (χ1n) is 13.7. The highest BCUT2D eigenvalue weighted by Crippen LogP contribution is 2.36. The van der Waals surface area contributed by atoms with Gasteiger partial charge in [-0.25, -0.2) is 9.97 Å². The summed E-state index contributed by atoms with van der Waals surface area (Å²) in [5.41, 5.74) is -0.334. The number of pyridine rings is 1. The fraction of sp³-hybridized carbons (Fsp3) is 0.125. The van der Waals surface area contributed by atoms with Gasteiger partial charge >= 0.3 is 12.4 Å². The number of amides is 1. The van der Waals surface area contributed by atoms with Gasteiger partial charge in [-0.1, -0.05) is 23.8 Å². The van der Waals surface area contributed by atoms with Crippen LogP contribution in [-0.4, -0.2) is 39.3 Å². The molecule has 0 aliphatic heterocycles.